The summed E-state index contributed by atoms with van der Waals surface area (Å²) in [5.74, 6) is 2.33. The van der Waals surface area contributed by atoms with Gasteiger partial charge < -0.3 is 0 Å². The molecule has 0 aliphatic heterocycles. The molecule has 1 aromatic rings. The van der Waals surface area contributed by atoms with Crippen molar-refractivity contribution in [3.8, 4) is 0 Å². The molecule has 25 heavy (non-hydrogen) atoms. The van der Waals surface area contributed by atoms with E-state index in [1.165, 1.54) is 19.3 Å². The number of hydrogen-bond donors (Lipinski definition) is 0. The van der Waals surface area contributed by atoms with Gasteiger partial charge >= 0.3 is 0 Å². The van der Waals surface area contributed by atoms with Crippen LogP contribution >= 0.6 is 7.92 Å². The van der Waals surface area contributed by atoms with Crippen LogP contribution in [-0.2, 0) is 5.54 Å². The van der Waals surface area contributed by atoms with Crippen LogP contribution in [0.5, 0.6) is 0 Å². The molecule has 1 heterocycles. The maximum absolute atomic E-state index is 4.37. The minimum Gasteiger partial charge on any atom is -0.224 e. The van der Waals surface area contributed by atoms with Crippen LogP contribution in [0, 0.1) is 11.3 Å². The molecule has 144 valence electrons. The average molecular weight is 367 g/mol. The van der Waals surface area contributed by atoms with Gasteiger partial charge in [0.05, 0.1) is 5.54 Å². The van der Waals surface area contributed by atoms with E-state index in [2.05, 4.69) is 84.5 Å². The van der Waals surface area contributed by atoms with Crippen LogP contribution in [0.15, 0.2) is 0 Å². The normalized spacial score (nSPS) is 24.2. The summed E-state index contributed by atoms with van der Waals surface area (Å²) in [6.07, 6.45) is 3.87. The van der Waals surface area contributed by atoms with E-state index in [1.54, 1.807) is 0 Å². The van der Waals surface area contributed by atoms with Crippen molar-refractivity contribution in [1.29, 1.82) is 0 Å². The van der Waals surface area contributed by atoms with Gasteiger partial charge in [-0.05, 0) is 79.3 Å². The van der Waals surface area contributed by atoms with Crippen molar-refractivity contribution in [2.75, 3.05) is 6.66 Å². The Bertz CT molecular complexity index is 579. The van der Waals surface area contributed by atoms with E-state index in [0.717, 1.165) is 11.5 Å². The lowest BCUT2D eigenvalue weighted by Gasteiger charge is -2.35. The predicted octanol–water partition coefficient (Wildman–Crippen LogP) is 5.64. The van der Waals surface area contributed by atoms with E-state index in [-0.39, 0.29) is 13.5 Å². The van der Waals surface area contributed by atoms with Gasteiger partial charge in [-0.1, -0.05) is 41.5 Å². The molecule has 0 radical (unpaired) electrons. The van der Waals surface area contributed by atoms with Crippen molar-refractivity contribution in [1.82, 2.24) is 20.2 Å². The van der Waals surface area contributed by atoms with Gasteiger partial charge in [0, 0.05) is 5.92 Å². The summed E-state index contributed by atoms with van der Waals surface area (Å²) >= 11 is 0. The van der Waals surface area contributed by atoms with E-state index < -0.39 is 0 Å². The highest BCUT2D eigenvalue weighted by atomic mass is 31.1. The highest BCUT2D eigenvalue weighted by Crippen LogP contribution is 2.59. The van der Waals surface area contributed by atoms with Gasteiger partial charge in [-0.3, -0.25) is 0 Å². The molecule has 1 fully saturated rings. The van der Waals surface area contributed by atoms with Gasteiger partial charge in [-0.25, -0.2) is 4.68 Å². The zero-order valence-electron chi connectivity index (χ0n) is 18.1. The second kappa shape index (κ2) is 6.91. The quantitative estimate of drug-likeness (QED) is 0.612. The molecule has 0 saturated heterocycles. The summed E-state index contributed by atoms with van der Waals surface area (Å²) in [6.45, 7) is 23.5. The third kappa shape index (κ3) is 4.81. The minimum absolute atomic E-state index is 0.0462. The smallest absolute Gasteiger partial charge is 0.155 e. The zero-order valence-corrected chi connectivity index (χ0v) is 19.0. The molecular weight excluding hydrogens is 327 g/mol. The van der Waals surface area contributed by atoms with Crippen LogP contribution in [0.3, 0.4) is 0 Å². The second-order valence-corrected chi connectivity index (χ2v) is 14.2. The summed E-state index contributed by atoms with van der Waals surface area (Å²) in [4.78, 5) is 0. The van der Waals surface area contributed by atoms with Crippen molar-refractivity contribution < 1.29 is 0 Å². The lowest BCUT2D eigenvalue weighted by atomic mass is 9.81. The van der Waals surface area contributed by atoms with Crippen LogP contribution in [0.1, 0.15) is 93.3 Å². The molecule has 1 aliphatic carbocycles. The van der Waals surface area contributed by atoms with Gasteiger partial charge in [0.2, 0.25) is 0 Å². The molecule has 0 bridgehead atoms. The van der Waals surface area contributed by atoms with Crippen molar-refractivity contribution >= 4 is 7.92 Å². The van der Waals surface area contributed by atoms with E-state index >= 15 is 0 Å². The fourth-order valence-electron chi connectivity index (χ4n) is 3.87. The van der Waals surface area contributed by atoms with E-state index in [9.17, 15) is 0 Å². The fourth-order valence-corrected chi connectivity index (χ4v) is 5.71. The standard InChI is InChI=1S/C20H39N4P/c1-14(25(10)19(5,6)7)11-12-20(8,9)16-13-15(16)17-21-22-23-24(17)18(2,3)4/h14-16H,11-13H2,1-10H3/t14-,15?,16?,25?/m1/s1. The first-order valence-corrected chi connectivity index (χ1v) is 11.6. The summed E-state index contributed by atoms with van der Waals surface area (Å²) in [5, 5.41) is 13.0. The summed E-state index contributed by atoms with van der Waals surface area (Å²) < 4.78 is 2.03. The number of rotatable bonds is 6. The summed E-state index contributed by atoms with van der Waals surface area (Å²) in [7, 11) is 0.0610. The number of tetrazole rings is 1. The SMILES string of the molecule is C[C@H](CCC(C)(C)C1CC1c1nnnn1C(C)(C)C)P(C)C(C)(C)C. The molecule has 2 rings (SSSR count). The van der Waals surface area contributed by atoms with Crippen molar-refractivity contribution in [3.05, 3.63) is 5.82 Å². The first kappa shape index (κ1) is 20.8. The monoisotopic (exact) mass is 366 g/mol. The number of nitrogens with zero attached hydrogens (tertiary/aromatic N) is 4. The van der Waals surface area contributed by atoms with E-state index in [4.69, 9.17) is 0 Å². The van der Waals surface area contributed by atoms with Crippen LogP contribution in [-0.4, -0.2) is 37.7 Å². The summed E-state index contributed by atoms with van der Waals surface area (Å²) in [6, 6.07) is 0. The van der Waals surface area contributed by atoms with E-state index in [1.807, 2.05) is 4.68 Å². The van der Waals surface area contributed by atoms with Gasteiger partial charge in [-0.15, -0.1) is 13.0 Å². The molecule has 0 N–H and O–H groups in total. The summed E-state index contributed by atoms with van der Waals surface area (Å²) in [5.41, 5.74) is 1.14. The third-order valence-electron chi connectivity index (χ3n) is 6.18. The van der Waals surface area contributed by atoms with Crippen LogP contribution in [0.25, 0.3) is 0 Å². The van der Waals surface area contributed by atoms with Gasteiger partial charge in [0.15, 0.2) is 5.82 Å². The van der Waals surface area contributed by atoms with Gasteiger partial charge in [-0.2, -0.15) is 0 Å². The highest BCUT2D eigenvalue weighted by molar-refractivity contribution is 7.59. The molecular formula is C20H39N4P. The maximum Gasteiger partial charge on any atom is 0.155 e. The largest absolute Gasteiger partial charge is 0.224 e. The zero-order chi connectivity index (χ0) is 19.2. The van der Waals surface area contributed by atoms with Crippen molar-refractivity contribution in [3.63, 3.8) is 0 Å². The average Bonchev–Trinajstić information content (AvgIpc) is 3.11. The molecule has 0 aromatic carbocycles. The molecule has 1 saturated carbocycles. The predicted molar refractivity (Wildman–Crippen MR) is 109 cm³/mol. The van der Waals surface area contributed by atoms with Gasteiger partial charge in [0.25, 0.3) is 0 Å². The maximum atomic E-state index is 4.37. The molecule has 5 heteroatoms. The first-order valence-electron chi connectivity index (χ1n) is 9.77. The Morgan fingerprint density at radius 1 is 1.12 bits per heavy atom. The Morgan fingerprint density at radius 3 is 2.24 bits per heavy atom. The molecule has 1 aliphatic rings. The van der Waals surface area contributed by atoms with Crippen LogP contribution < -0.4 is 0 Å². The van der Waals surface area contributed by atoms with Crippen LogP contribution in [0.2, 0.25) is 0 Å². The van der Waals surface area contributed by atoms with Crippen molar-refractivity contribution in [2.45, 2.75) is 104 Å². The second-order valence-electron chi connectivity index (χ2n) is 10.7. The highest BCUT2D eigenvalue weighted by Gasteiger charge is 2.51. The lowest BCUT2D eigenvalue weighted by molar-refractivity contribution is 0.263. The van der Waals surface area contributed by atoms with Gasteiger partial charge in [0.1, 0.15) is 0 Å². The first-order chi connectivity index (χ1) is 11.2. The Kier molecular flexibility index (Phi) is 5.75. The topological polar surface area (TPSA) is 43.6 Å². The van der Waals surface area contributed by atoms with Crippen molar-refractivity contribution in [2.24, 2.45) is 11.3 Å². The Morgan fingerprint density at radius 2 is 1.72 bits per heavy atom. The van der Waals surface area contributed by atoms with E-state index in [0.29, 0.717) is 22.4 Å². The number of aromatic nitrogens is 4. The molecule has 4 nitrogen and oxygen atoms in total. The minimum atomic E-state index is -0.0462. The lowest BCUT2D eigenvalue weighted by Crippen LogP contribution is -2.26. The Hall–Kier alpha value is -0.500. The molecule has 3 unspecified atom stereocenters. The molecule has 0 amide bonds. The Balaban J connectivity index is 1.98. The fraction of sp³-hybridized carbons (Fsp3) is 0.950. The molecule has 1 aromatic heterocycles. The molecule has 0 spiro atoms. The third-order valence-corrected chi connectivity index (χ3v) is 9.88. The number of hydrogen-bond acceptors (Lipinski definition) is 3. The van der Waals surface area contributed by atoms with Crippen LogP contribution in [0.4, 0.5) is 0 Å². The molecule has 4 atom stereocenters. The Labute approximate surface area is 156 Å².